The molecule has 1 unspecified atom stereocenters. The molecule has 0 aliphatic carbocycles. The molecule has 134 valence electrons. The lowest BCUT2D eigenvalue weighted by molar-refractivity contribution is 0.415. The zero-order chi connectivity index (χ0) is 18.1. The molecule has 1 aliphatic heterocycles. The summed E-state index contributed by atoms with van der Waals surface area (Å²) in [4.78, 5) is 9.78. The summed E-state index contributed by atoms with van der Waals surface area (Å²) in [7, 11) is 1.71. The summed E-state index contributed by atoms with van der Waals surface area (Å²) in [5.41, 5.74) is 6.27. The zero-order valence-electron chi connectivity index (χ0n) is 15.7. The predicted molar refractivity (Wildman–Crippen MR) is 106 cm³/mol. The van der Waals surface area contributed by atoms with Crippen molar-refractivity contribution in [3.05, 3.63) is 53.2 Å². The lowest BCUT2D eigenvalue weighted by atomic mass is 9.95. The van der Waals surface area contributed by atoms with Crippen LogP contribution in [0.15, 0.2) is 36.4 Å². The minimum absolute atomic E-state index is 0.481. The molecule has 0 amide bonds. The average Bonchev–Trinajstić information content (AvgIpc) is 2.67. The Balaban J connectivity index is 1.80. The molecule has 1 aliphatic rings. The van der Waals surface area contributed by atoms with Gasteiger partial charge in [0.2, 0.25) is 0 Å². The standard InChI is InChI=1S/C22H25N3O/c1-14-11-15(2)21(20(12-14)26-3)19-9-7-16-6-8-18(24-22(16)25-19)17-5-4-10-23-13-17/h6-9,11-12,17,23H,4-5,10,13H2,1-3H3. The van der Waals surface area contributed by atoms with Crippen molar-refractivity contribution >= 4 is 11.0 Å². The van der Waals surface area contributed by atoms with Crippen LogP contribution in [0, 0.1) is 13.8 Å². The number of hydrogen-bond donors (Lipinski definition) is 1. The van der Waals surface area contributed by atoms with Gasteiger partial charge in [0.25, 0.3) is 0 Å². The third kappa shape index (κ3) is 3.17. The topological polar surface area (TPSA) is 47.0 Å². The van der Waals surface area contributed by atoms with Gasteiger partial charge in [-0.05, 0) is 74.7 Å². The SMILES string of the molecule is COc1cc(C)cc(C)c1-c1ccc2ccc(C3CCCNC3)nc2n1. The number of benzene rings is 1. The molecule has 26 heavy (non-hydrogen) atoms. The molecule has 0 spiro atoms. The van der Waals surface area contributed by atoms with Crippen molar-refractivity contribution in [2.45, 2.75) is 32.6 Å². The molecule has 3 heterocycles. The van der Waals surface area contributed by atoms with Crippen LogP contribution in [0.1, 0.15) is 35.6 Å². The number of aromatic nitrogens is 2. The highest BCUT2D eigenvalue weighted by Gasteiger charge is 2.18. The van der Waals surface area contributed by atoms with Crippen LogP contribution >= 0.6 is 0 Å². The monoisotopic (exact) mass is 347 g/mol. The van der Waals surface area contributed by atoms with E-state index in [0.29, 0.717) is 5.92 Å². The summed E-state index contributed by atoms with van der Waals surface area (Å²) < 4.78 is 5.62. The molecule has 1 fully saturated rings. The summed E-state index contributed by atoms with van der Waals surface area (Å²) in [5, 5.41) is 4.54. The van der Waals surface area contributed by atoms with Crippen LogP contribution in [0.25, 0.3) is 22.3 Å². The van der Waals surface area contributed by atoms with Crippen molar-refractivity contribution < 1.29 is 4.74 Å². The Hall–Kier alpha value is -2.46. The van der Waals surface area contributed by atoms with Gasteiger partial charge >= 0.3 is 0 Å². The van der Waals surface area contributed by atoms with Crippen LogP contribution in [-0.2, 0) is 0 Å². The van der Waals surface area contributed by atoms with Crippen molar-refractivity contribution in [3.8, 4) is 17.0 Å². The fourth-order valence-corrected chi connectivity index (χ4v) is 3.90. The molecule has 1 atom stereocenters. The Labute approximate surface area is 154 Å². The minimum atomic E-state index is 0.481. The highest BCUT2D eigenvalue weighted by molar-refractivity contribution is 5.81. The average molecular weight is 347 g/mol. The van der Waals surface area contributed by atoms with Crippen molar-refractivity contribution in [1.29, 1.82) is 0 Å². The normalized spacial score (nSPS) is 17.4. The van der Waals surface area contributed by atoms with Crippen molar-refractivity contribution in [3.63, 3.8) is 0 Å². The molecular formula is C22H25N3O. The lowest BCUT2D eigenvalue weighted by Crippen LogP contribution is -2.28. The second kappa shape index (κ2) is 7.04. The van der Waals surface area contributed by atoms with Crippen molar-refractivity contribution in [2.75, 3.05) is 20.2 Å². The van der Waals surface area contributed by atoms with Gasteiger partial charge in [0.1, 0.15) is 5.75 Å². The molecule has 1 aromatic carbocycles. The number of aryl methyl sites for hydroxylation is 2. The summed E-state index contributed by atoms with van der Waals surface area (Å²) >= 11 is 0. The minimum Gasteiger partial charge on any atom is -0.496 e. The van der Waals surface area contributed by atoms with Crippen LogP contribution < -0.4 is 10.1 Å². The third-order valence-electron chi connectivity index (χ3n) is 5.21. The second-order valence-corrected chi connectivity index (χ2v) is 7.18. The third-order valence-corrected chi connectivity index (χ3v) is 5.21. The molecule has 0 saturated carbocycles. The number of rotatable bonds is 3. The van der Waals surface area contributed by atoms with Gasteiger partial charge in [0.05, 0.1) is 12.8 Å². The summed E-state index contributed by atoms with van der Waals surface area (Å²) in [6.07, 6.45) is 2.40. The second-order valence-electron chi connectivity index (χ2n) is 7.18. The predicted octanol–water partition coefficient (Wildman–Crippen LogP) is 4.39. The van der Waals surface area contributed by atoms with Gasteiger partial charge in [0.15, 0.2) is 5.65 Å². The molecule has 2 aromatic heterocycles. The Morgan fingerprint density at radius 3 is 2.69 bits per heavy atom. The maximum Gasteiger partial charge on any atom is 0.160 e. The summed E-state index contributed by atoms with van der Waals surface area (Å²) in [5.74, 6) is 1.34. The Morgan fingerprint density at radius 1 is 1.08 bits per heavy atom. The number of piperidine rings is 1. The van der Waals surface area contributed by atoms with Crippen molar-refractivity contribution in [1.82, 2.24) is 15.3 Å². The lowest BCUT2D eigenvalue weighted by Gasteiger charge is -2.22. The molecule has 0 radical (unpaired) electrons. The van der Waals surface area contributed by atoms with Crippen LogP contribution in [0.4, 0.5) is 0 Å². The fourth-order valence-electron chi connectivity index (χ4n) is 3.90. The quantitative estimate of drug-likeness (QED) is 0.763. The van der Waals surface area contributed by atoms with Gasteiger partial charge in [-0.2, -0.15) is 0 Å². The van der Waals surface area contributed by atoms with E-state index >= 15 is 0 Å². The van der Waals surface area contributed by atoms with E-state index in [1.165, 1.54) is 24.0 Å². The van der Waals surface area contributed by atoms with Gasteiger partial charge in [-0.25, -0.2) is 9.97 Å². The van der Waals surface area contributed by atoms with Crippen molar-refractivity contribution in [2.24, 2.45) is 0 Å². The first-order chi connectivity index (χ1) is 12.7. The molecule has 4 rings (SSSR count). The number of fused-ring (bicyclic) bond motifs is 1. The van der Waals surface area contributed by atoms with E-state index in [1.54, 1.807) is 7.11 Å². The molecule has 1 N–H and O–H groups in total. The fraction of sp³-hybridized carbons (Fsp3) is 0.364. The number of hydrogen-bond acceptors (Lipinski definition) is 4. The number of methoxy groups -OCH3 is 1. The highest BCUT2D eigenvalue weighted by atomic mass is 16.5. The number of nitrogens with one attached hydrogen (secondary N) is 1. The van der Waals surface area contributed by atoms with E-state index in [2.05, 4.69) is 55.6 Å². The van der Waals surface area contributed by atoms with Crippen LogP contribution in [0.3, 0.4) is 0 Å². The van der Waals surface area contributed by atoms with E-state index < -0.39 is 0 Å². The first-order valence-corrected chi connectivity index (χ1v) is 9.30. The molecule has 1 saturated heterocycles. The smallest absolute Gasteiger partial charge is 0.160 e. The Kier molecular flexibility index (Phi) is 4.60. The Morgan fingerprint density at radius 2 is 1.92 bits per heavy atom. The van der Waals surface area contributed by atoms with Gasteiger partial charge in [-0.15, -0.1) is 0 Å². The Bertz CT molecular complexity index is 946. The van der Waals surface area contributed by atoms with Gasteiger partial charge in [-0.3, -0.25) is 0 Å². The summed E-state index contributed by atoms with van der Waals surface area (Å²) in [6.45, 7) is 6.30. The van der Waals surface area contributed by atoms with Crippen LogP contribution in [0.2, 0.25) is 0 Å². The number of ether oxygens (including phenoxy) is 1. The molecule has 3 aromatic rings. The number of pyridine rings is 2. The van der Waals surface area contributed by atoms with Crippen LogP contribution in [0.5, 0.6) is 5.75 Å². The first kappa shape index (κ1) is 17.0. The first-order valence-electron chi connectivity index (χ1n) is 9.30. The van der Waals surface area contributed by atoms with E-state index in [1.807, 2.05) is 0 Å². The molecular weight excluding hydrogens is 322 g/mol. The van der Waals surface area contributed by atoms with Crippen LogP contribution in [-0.4, -0.2) is 30.2 Å². The van der Waals surface area contributed by atoms with Gasteiger partial charge < -0.3 is 10.1 Å². The maximum atomic E-state index is 5.62. The van der Waals surface area contributed by atoms with Gasteiger partial charge in [-0.1, -0.05) is 6.07 Å². The van der Waals surface area contributed by atoms with E-state index in [9.17, 15) is 0 Å². The van der Waals surface area contributed by atoms with E-state index in [-0.39, 0.29) is 0 Å². The molecule has 4 heteroatoms. The molecule has 4 nitrogen and oxygen atoms in total. The molecule has 0 bridgehead atoms. The maximum absolute atomic E-state index is 5.62. The number of nitrogens with zero attached hydrogens (tertiary/aromatic N) is 2. The largest absolute Gasteiger partial charge is 0.496 e. The zero-order valence-corrected chi connectivity index (χ0v) is 15.7. The summed E-state index contributed by atoms with van der Waals surface area (Å²) in [6, 6.07) is 12.7. The highest BCUT2D eigenvalue weighted by Crippen LogP contribution is 2.34. The van der Waals surface area contributed by atoms with Gasteiger partial charge in [0, 0.05) is 29.1 Å². The van der Waals surface area contributed by atoms with E-state index in [0.717, 1.165) is 46.8 Å². The van der Waals surface area contributed by atoms with E-state index in [4.69, 9.17) is 14.7 Å².